The molecule has 1 atom stereocenters. The zero-order valence-corrected chi connectivity index (χ0v) is 12.8. The Morgan fingerprint density at radius 3 is 2.76 bits per heavy atom. The molecule has 2 rings (SSSR count). The van der Waals surface area contributed by atoms with E-state index in [2.05, 4.69) is 16.9 Å². The third kappa shape index (κ3) is 4.41. The van der Waals surface area contributed by atoms with Crippen LogP contribution in [0.15, 0.2) is 42.0 Å². The number of benzene rings is 1. The van der Waals surface area contributed by atoms with Crippen LogP contribution in [-0.2, 0) is 16.2 Å². The summed E-state index contributed by atoms with van der Waals surface area (Å²) in [5.41, 5.74) is 4.35. The summed E-state index contributed by atoms with van der Waals surface area (Å²) in [6.07, 6.45) is 4.67. The summed E-state index contributed by atoms with van der Waals surface area (Å²) in [6.45, 7) is 5.35. The maximum atomic E-state index is 12.4. The molecule has 1 aliphatic heterocycles. The van der Waals surface area contributed by atoms with Crippen LogP contribution in [0.2, 0.25) is 0 Å². The molecule has 114 valence electrons. The maximum absolute atomic E-state index is 12.4. The highest BCUT2D eigenvalue weighted by molar-refractivity contribution is 5.86. The Morgan fingerprint density at radius 1 is 1.38 bits per heavy atom. The van der Waals surface area contributed by atoms with Crippen molar-refractivity contribution < 1.29 is 9.63 Å². The van der Waals surface area contributed by atoms with Gasteiger partial charge in [0, 0.05) is 0 Å². The van der Waals surface area contributed by atoms with Crippen molar-refractivity contribution >= 4 is 5.91 Å². The fourth-order valence-electron chi connectivity index (χ4n) is 2.50. The number of carbonyl (C=O) groups is 1. The lowest BCUT2D eigenvalue weighted by atomic mass is 9.91. The van der Waals surface area contributed by atoms with E-state index >= 15 is 0 Å². The van der Waals surface area contributed by atoms with Crippen molar-refractivity contribution in [3.63, 3.8) is 0 Å². The van der Waals surface area contributed by atoms with E-state index in [4.69, 9.17) is 4.84 Å². The maximum Gasteiger partial charge on any atom is 0.264 e. The fraction of sp³-hybridized carbons (Fsp3) is 0.471. The van der Waals surface area contributed by atoms with Crippen LogP contribution in [0.4, 0.5) is 0 Å². The number of hydroxylamine groups is 1. The standard InChI is InChI=1S/C17H24N2O2/c1-14(2)9-11-17(10-6-12-18-17)16(20)19-21-13-15-7-4-3-5-8-15/h3-5,7-9,18H,6,10-13H2,1-2H3,(H,19,20)/t17-/m0/s1. The van der Waals surface area contributed by atoms with E-state index in [-0.39, 0.29) is 5.91 Å². The van der Waals surface area contributed by atoms with Gasteiger partial charge in [0.1, 0.15) is 5.54 Å². The van der Waals surface area contributed by atoms with Crippen LogP contribution in [0.1, 0.15) is 38.7 Å². The van der Waals surface area contributed by atoms with E-state index in [0.29, 0.717) is 13.0 Å². The Kier molecular flexibility index (Phi) is 5.53. The van der Waals surface area contributed by atoms with E-state index in [1.807, 2.05) is 44.2 Å². The number of allylic oxidation sites excluding steroid dienone is 1. The third-order valence-corrected chi connectivity index (χ3v) is 3.78. The number of carbonyl (C=O) groups excluding carboxylic acids is 1. The van der Waals surface area contributed by atoms with Gasteiger partial charge in [0.15, 0.2) is 0 Å². The van der Waals surface area contributed by atoms with Gasteiger partial charge in [-0.1, -0.05) is 42.0 Å². The Balaban J connectivity index is 1.89. The van der Waals surface area contributed by atoms with Crippen LogP contribution in [-0.4, -0.2) is 18.0 Å². The van der Waals surface area contributed by atoms with Crippen molar-refractivity contribution in [2.45, 2.75) is 45.3 Å². The normalized spacial score (nSPS) is 21.0. The van der Waals surface area contributed by atoms with Gasteiger partial charge in [-0.3, -0.25) is 9.63 Å². The molecule has 0 aliphatic carbocycles. The summed E-state index contributed by atoms with van der Waals surface area (Å²) >= 11 is 0. The van der Waals surface area contributed by atoms with E-state index in [1.165, 1.54) is 5.57 Å². The first-order valence-electron chi connectivity index (χ1n) is 7.47. The second-order valence-corrected chi connectivity index (χ2v) is 5.80. The average molecular weight is 288 g/mol. The topological polar surface area (TPSA) is 50.4 Å². The molecular weight excluding hydrogens is 264 g/mol. The Morgan fingerprint density at radius 2 is 2.14 bits per heavy atom. The zero-order chi connectivity index (χ0) is 15.1. The monoisotopic (exact) mass is 288 g/mol. The molecule has 0 saturated carbocycles. The van der Waals surface area contributed by atoms with Crippen molar-refractivity contribution in [1.82, 2.24) is 10.8 Å². The molecule has 21 heavy (non-hydrogen) atoms. The van der Waals surface area contributed by atoms with E-state index in [0.717, 1.165) is 24.9 Å². The Hall–Kier alpha value is -1.65. The predicted molar refractivity (Wildman–Crippen MR) is 83.4 cm³/mol. The van der Waals surface area contributed by atoms with Gasteiger partial charge < -0.3 is 5.32 Å². The summed E-state index contributed by atoms with van der Waals surface area (Å²) < 4.78 is 0. The smallest absolute Gasteiger partial charge is 0.264 e. The molecule has 1 aliphatic rings. The van der Waals surface area contributed by atoms with Crippen LogP contribution in [0.3, 0.4) is 0 Å². The minimum atomic E-state index is -0.520. The van der Waals surface area contributed by atoms with Crippen LogP contribution in [0, 0.1) is 0 Å². The molecule has 1 fully saturated rings. The summed E-state index contributed by atoms with van der Waals surface area (Å²) in [7, 11) is 0. The Bertz CT molecular complexity index is 487. The fourth-order valence-corrected chi connectivity index (χ4v) is 2.50. The number of rotatable bonds is 6. The first kappa shape index (κ1) is 15.7. The third-order valence-electron chi connectivity index (χ3n) is 3.78. The van der Waals surface area contributed by atoms with Gasteiger partial charge in [-0.2, -0.15) is 0 Å². The van der Waals surface area contributed by atoms with Crippen molar-refractivity contribution in [2.75, 3.05) is 6.54 Å². The van der Waals surface area contributed by atoms with Crippen LogP contribution in [0.5, 0.6) is 0 Å². The summed E-state index contributed by atoms with van der Waals surface area (Å²) in [6, 6.07) is 9.81. The summed E-state index contributed by atoms with van der Waals surface area (Å²) in [5, 5.41) is 3.34. The minimum Gasteiger partial charge on any atom is -0.303 e. The predicted octanol–water partition coefficient (Wildman–Crippen LogP) is 2.71. The number of nitrogens with one attached hydrogen (secondary N) is 2. The van der Waals surface area contributed by atoms with Crippen LogP contribution in [0.25, 0.3) is 0 Å². The van der Waals surface area contributed by atoms with Gasteiger partial charge >= 0.3 is 0 Å². The van der Waals surface area contributed by atoms with Crippen LogP contribution < -0.4 is 10.8 Å². The molecule has 1 saturated heterocycles. The molecule has 4 nitrogen and oxygen atoms in total. The SMILES string of the molecule is CC(C)=CC[C@]1(C(=O)NOCc2ccccc2)CCCN1. The second-order valence-electron chi connectivity index (χ2n) is 5.80. The van der Waals surface area contributed by atoms with Gasteiger partial charge in [0.05, 0.1) is 6.61 Å². The molecule has 1 aromatic rings. The van der Waals surface area contributed by atoms with Gasteiger partial charge in [-0.15, -0.1) is 0 Å². The van der Waals surface area contributed by atoms with Crippen molar-refractivity contribution in [1.29, 1.82) is 0 Å². The lowest BCUT2D eigenvalue weighted by Gasteiger charge is -2.26. The highest BCUT2D eigenvalue weighted by Crippen LogP contribution is 2.24. The van der Waals surface area contributed by atoms with E-state index < -0.39 is 5.54 Å². The van der Waals surface area contributed by atoms with Crippen molar-refractivity contribution in [3.8, 4) is 0 Å². The van der Waals surface area contributed by atoms with Crippen LogP contribution >= 0.6 is 0 Å². The molecule has 1 amide bonds. The zero-order valence-electron chi connectivity index (χ0n) is 12.8. The van der Waals surface area contributed by atoms with Crippen molar-refractivity contribution in [2.24, 2.45) is 0 Å². The number of hydrogen-bond donors (Lipinski definition) is 2. The molecule has 0 radical (unpaired) electrons. The molecule has 0 unspecified atom stereocenters. The molecular formula is C17H24N2O2. The Labute approximate surface area is 126 Å². The van der Waals surface area contributed by atoms with Gasteiger partial charge in [0.2, 0.25) is 0 Å². The largest absolute Gasteiger partial charge is 0.303 e. The molecule has 2 N–H and O–H groups in total. The molecule has 0 bridgehead atoms. The molecule has 1 heterocycles. The van der Waals surface area contributed by atoms with E-state index in [9.17, 15) is 4.79 Å². The van der Waals surface area contributed by atoms with Crippen molar-refractivity contribution in [3.05, 3.63) is 47.5 Å². The number of hydrogen-bond acceptors (Lipinski definition) is 3. The summed E-state index contributed by atoms with van der Waals surface area (Å²) in [4.78, 5) is 17.8. The molecule has 0 spiro atoms. The second kappa shape index (κ2) is 7.38. The van der Waals surface area contributed by atoms with Gasteiger partial charge in [-0.05, 0) is 45.2 Å². The summed E-state index contributed by atoms with van der Waals surface area (Å²) in [5.74, 6) is -0.0755. The molecule has 4 heteroatoms. The highest BCUT2D eigenvalue weighted by Gasteiger charge is 2.40. The first-order chi connectivity index (χ1) is 10.1. The minimum absolute atomic E-state index is 0.0755. The lowest BCUT2D eigenvalue weighted by Crippen LogP contribution is -2.53. The van der Waals surface area contributed by atoms with E-state index in [1.54, 1.807) is 0 Å². The first-order valence-corrected chi connectivity index (χ1v) is 7.47. The van der Waals surface area contributed by atoms with Gasteiger partial charge in [-0.25, -0.2) is 5.48 Å². The highest BCUT2D eigenvalue weighted by atomic mass is 16.7. The quantitative estimate of drug-likeness (QED) is 0.625. The molecule has 1 aromatic carbocycles. The lowest BCUT2D eigenvalue weighted by molar-refractivity contribution is -0.141. The average Bonchev–Trinajstić information content (AvgIpc) is 2.96. The number of amides is 1. The van der Waals surface area contributed by atoms with Gasteiger partial charge in [0.25, 0.3) is 5.91 Å². The molecule has 0 aromatic heterocycles.